The van der Waals surface area contributed by atoms with Gasteiger partial charge in [0.15, 0.2) is 0 Å². The lowest BCUT2D eigenvalue weighted by atomic mass is 10.1. The van der Waals surface area contributed by atoms with Crippen molar-refractivity contribution in [2.75, 3.05) is 0 Å². The summed E-state index contributed by atoms with van der Waals surface area (Å²) in [5.41, 5.74) is 5.07. The Labute approximate surface area is 132 Å². The maximum atomic E-state index is 4.68. The van der Waals surface area contributed by atoms with E-state index in [2.05, 4.69) is 77.1 Å². The molecule has 2 heteroatoms. The Morgan fingerprint density at radius 1 is 0.864 bits per heavy atom. The number of hydrogen-bond donors (Lipinski definition) is 0. The van der Waals surface area contributed by atoms with Gasteiger partial charge in [-0.3, -0.25) is 0 Å². The molecule has 0 spiro atoms. The molecule has 2 aromatic carbocycles. The van der Waals surface area contributed by atoms with Gasteiger partial charge in [-0.15, -0.1) is 0 Å². The lowest BCUT2D eigenvalue weighted by Gasteiger charge is -2.10. The van der Waals surface area contributed by atoms with Crippen LogP contribution in [0.3, 0.4) is 0 Å². The zero-order valence-corrected chi connectivity index (χ0v) is 13.1. The van der Waals surface area contributed by atoms with E-state index >= 15 is 0 Å². The van der Waals surface area contributed by atoms with Crippen LogP contribution >= 0.6 is 0 Å². The maximum absolute atomic E-state index is 4.68. The zero-order valence-electron chi connectivity index (χ0n) is 13.1. The molecule has 1 heterocycles. The van der Waals surface area contributed by atoms with Crippen molar-refractivity contribution in [2.24, 2.45) is 0 Å². The predicted molar refractivity (Wildman–Crippen MR) is 91.8 cm³/mol. The Morgan fingerprint density at radius 3 is 2.23 bits per heavy atom. The molecule has 3 aromatic rings. The van der Waals surface area contributed by atoms with E-state index in [1.807, 2.05) is 6.33 Å². The summed E-state index contributed by atoms with van der Waals surface area (Å²) in [4.78, 5) is 4.68. The van der Waals surface area contributed by atoms with Gasteiger partial charge < -0.3 is 4.57 Å². The van der Waals surface area contributed by atoms with Crippen molar-refractivity contribution in [3.63, 3.8) is 0 Å². The molecule has 0 aliphatic carbocycles. The van der Waals surface area contributed by atoms with Gasteiger partial charge in [-0.05, 0) is 18.4 Å². The predicted octanol–water partition coefficient (Wildman–Crippen LogP) is 4.75. The summed E-state index contributed by atoms with van der Waals surface area (Å²) in [7, 11) is 0. The highest BCUT2D eigenvalue weighted by atomic mass is 15.1. The van der Waals surface area contributed by atoms with Gasteiger partial charge >= 0.3 is 0 Å². The van der Waals surface area contributed by atoms with Crippen LogP contribution in [0.15, 0.2) is 67.0 Å². The summed E-state index contributed by atoms with van der Waals surface area (Å²) < 4.78 is 2.32. The molecule has 1 aromatic heterocycles. The third-order valence-electron chi connectivity index (χ3n) is 3.96. The lowest BCUT2D eigenvalue weighted by Crippen LogP contribution is -2.05. The fourth-order valence-electron chi connectivity index (χ4n) is 2.83. The van der Waals surface area contributed by atoms with Crippen molar-refractivity contribution in [3.05, 3.63) is 78.2 Å². The third kappa shape index (κ3) is 3.28. The lowest BCUT2D eigenvalue weighted by molar-refractivity contribution is 0.653. The van der Waals surface area contributed by atoms with Crippen LogP contribution in [-0.2, 0) is 19.4 Å². The Balaban J connectivity index is 1.84. The van der Waals surface area contributed by atoms with Crippen molar-refractivity contribution in [2.45, 2.75) is 32.7 Å². The van der Waals surface area contributed by atoms with Gasteiger partial charge in [-0.1, -0.05) is 74.0 Å². The number of hydrogen-bond acceptors (Lipinski definition) is 1. The standard InChI is InChI=1S/C20H22N2/c1-2-9-19-20(18-12-7-4-8-13-18)21-16-22(19)15-14-17-10-5-3-6-11-17/h3-8,10-13,16H,2,9,14-15H2,1H3. The van der Waals surface area contributed by atoms with E-state index in [1.54, 1.807) is 0 Å². The van der Waals surface area contributed by atoms with E-state index in [-0.39, 0.29) is 0 Å². The van der Waals surface area contributed by atoms with E-state index in [4.69, 9.17) is 0 Å². The molecule has 0 amide bonds. The minimum Gasteiger partial charge on any atom is -0.334 e. The van der Waals surface area contributed by atoms with Crippen LogP contribution in [0.25, 0.3) is 11.3 Å². The van der Waals surface area contributed by atoms with Gasteiger partial charge in [0.1, 0.15) is 0 Å². The average Bonchev–Trinajstić information content (AvgIpc) is 2.98. The molecule has 0 radical (unpaired) electrons. The first kappa shape index (κ1) is 14.6. The van der Waals surface area contributed by atoms with Gasteiger partial charge in [0.2, 0.25) is 0 Å². The van der Waals surface area contributed by atoms with E-state index in [9.17, 15) is 0 Å². The monoisotopic (exact) mass is 290 g/mol. The zero-order chi connectivity index (χ0) is 15.2. The molecule has 0 saturated heterocycles. The highest BCUT2D eigenvalue weighted by molar-refractivity contribution is 5.61. The summed E-state index contributed by atoms with van der Waals surface area (Å²) in [6.07, 6.45) is 5.24. The molecule has 0 saturated carbocycles. The highest BCUT2D eigenvalue weighted by Crippen LogP contribution is 2.23. The Hall–Kier alpha value is -2.35. The molecular weight excluding hydrogens is 268 g/mol. The summed E-state index contributed by atoms with van der Waals surface area (Å²) in [6.45, 7) is 3.21. The number of rotatable bonds is 6. The second-order valence-electron chi connectivity index (χ2n) is 5.58. The summed E-state index contributed by atoms with van der Waals surface area (Å²) in [6, 6.07) is 21.1. The first-order valence-electron chi connectivity index (χ1n) is 8.02. The van der Waals surface area contributed by atoms with E-state index in [0.29, 0.717) is 0 Å². The second-order valence-corrected chi connectivity index (χ2v) is 5.58. The summed E-state index contributed by atoms with van der Waals surface area (Å²) in [5, 5.41) is 0. The molecule has 0 atom stereocenters. The first-order valence-corrected chi connectivity index (χ1v) is 8.02. The van der Waals surface area contributed by atoms with Crippen molar-refractivity contribution in [1.82, 2.24) is 9.55 Å². The van der Waals surface area contributed by atoms with Gasteiger partial charge in [0.25, 0.3) is 0 Å². The Kier molecular flexibility index (Phi) is 4.69. The number of aromatic nitrogens is 2. The van der Waals surface area contributed by atoms with Crippen molar-refractivity contribution in [1.29, 1.82) is 0 Å². The molecule has 2 nitrogen and oxygen atoms in total. The van der Waals surface area contributed by atoms with E-state index in [1.165, 1.54) is 16.8 Å². The molecule has 112 valence electrons. The van der Waals surface area contributed by atoms with Crippen molar-refractivity contribution in [3.8, 4) is 11.3 Å². The van der Waals surface area contributed by atoms with E-state index < -0.39 is 0 Å². The smallest absolute Gasteiger partial charge is 0.0956 e. The second kappa shape index (κ2) is 7.08. The van der Waals surface area contributed by atoms with Gasteiger partial charge in [0, 0.05) is 17.8 Å². The van der Waals surface area contributed by atoms with Crippen LogP contribution in [0.1, 0.15) is 24.6 Å². The van der Waals surface area contributed by atoms with Crippen LogP contribution in [0.2, 0.25) is 0 Å². The summed E-state index contributed by atoms with van der Waals surface area (Å²) >= 11 is 0. The SMILES string of the molecule is CCCc1c(-c2ccccc2)ncn1CCc1ccccc1. The van der Waals surface area contributed by atoms with Crippen LogP contribution < -0.4 is 0 Å². The minimum absolute atomic E-state index is 0.985. The molecule has 0 aliphatic heterocycles. The van der Waals surface area contributed by atoms with Crippen molar-refractivity contribution < 1.29 is 0 Å². The Bertz CT molecular complexity index is 699. The fourth-order valence-corrected chi connectivity index (χ4v) is 2.83. The number of benzene rings is 2. The molecule has 0 unspecified atom stereocenters. The topological polar surface area (TPSA) is 17.8 Å². The highest BCUT2D eigenvalue weighted by Gasteiger charge is 2.11. The Morgan fingerprint density at radius 2 is 1.55 bits per heavy atom. The average molecular weight is 290 g/mol. The van der Waals surface area contributed by atoms with Gasteiger partial charge in [-0.2, -0.15) is 0 Å². The molecule has 0 N–H and O–H groups in total. The van der Waals surface area contributed by atoms with Crippen LogP contribution in [0.4, 0.5) is 0 Å². The number of imidazole rings is 1. The number of nitrogens with zero attached hydrogens (tertiary/aromatic N) is 2. The third-order valence-corrected chi connectivity index (χ3v) is 3.96. The fraction of sp³-hybridized carbons (Fsp3) is 0.250. The molecule has 3 rings (SSSR count). The van der Waals surface area contributed by atoms with Crippen LogP contribution in [-0.4, -0.2) is 9.55 Å². The number of aryl methyl sites for hydroxylation is 2. The molecule has 0 fully saturated rings. The van der Waals surface area contributed by atoms with Crippen molar-refractivity contribution >= 4 is 0 Å². The van der Waals surface area contributed by atoms with Crippen LogP contribution in [0.5, 0.6) is 0 Å². The maximum Gasteiger partial charge on any atom is 0.0956 e. The molecule has 22 heavy (non-hydrogen) atoms. The minimum atomic E-state index is 0.985. The molecule has 0 aliphatic rings. The van der Waals surface area contributed by atoms with E-state index in [0.717, 1.165) is 31.5 Å². The van der Waals surface area contributed by atoms with Gasteiger partial charge in [0.05, 0.1) is 12.0 Å². The quantitative estimate of drug-likeness (QED) is 0.641. The largest absolute Gasteiger partial charge is 0.334 e. The van der Waals surface area contributed by atoms with Gasteiger partial charge in [-0.25, -0.2) is 4.98 Å². The van der Waals surface area contributed by atoms with Crippen LogP contribution in [0, 0.1) is 0 Å². The molecule has 0 bridgehead atoms. The molecular formula is C20H22N2. The summed E-state index contributed by atoms with van der Waals surface area (Å²) in [5.74, 6) is 0. The first-order chi connectivity index (χ1) is 10.9. The normalized spacial score (nSPS) is 10.8.